The molecular weight excluding hydrogens is 334 g/mol. The highest BCUT2D eigenvalue weighted by atomic mass is 16.2. The summed E-state index contributed by atoms with van der Waals surface area (Å²) in [7, 11) is 0. The fourth-order valence-electron chi connectivity index (χ4n) is 2.44. The lowest BCUT2D eigenvalue weighted by Crippen LogP contribution is -2.37. The zero-order chi connectivity index (χ0) is 18.4. The van der Waals surface area contributed by atoms with Crippen molar-refractivity contribution in [1.29, 1.82) is 0 Å². The second-order valence-electron chi connectivity index (χ2n) is 5.64. The normalized spacial score (nSPS) is 17.8. The number of allylic oxidation sites excluding steroid dienone is 3. The van der Waals surface area contributed by atoms with Gasteiger partial charge >= 0.3 is 0 Å². The van der Waals surface area contributed by atoms with Crippen LogP contribution in [-0.4, -0.2) is 47.3 Å². The topological polar surface area (TPSA) is 113 Å². The maximum Gasteiger partial charge on any atom is 0.289 e. The number of nitrogens with zero attached hydrogens (tertiary/aromatic N) is 3. The molecule has 3 rings (SSSR count). The number of carbonyl (C=O) groups is 3. The van der Waals surface area contributed by atoms with Gasteiger partial charge in [0.25, 0.3) is 17.7 Å². The number of fused-ring (bicyclic) bond motifs is 1. The zero-order valence-corrected chi connectivity index (χ0v) is 13.9. The molecule has 1 aromatic rings. The number of aromatic nitrogens is 1. The first-order chi connectivity index (χ1) is 12.6. The third-order valence-corrected chi connectivity index (χ3v) is 3.77. The Labute approximate surface area is 149 Å². The molecule has 1 unspecified atom stereocenters. The van der Waals surface area contributed by atoms with E-state index in [-0.39, 0.29) is 11.7 Å². The van der Waals surface area contributed by atoms with Crippen LogP contribution in [0.1, 0.15) is 16.8 Å². The molecule has 1 aliphatic heterocycles. The Morgan fingerprint density at radius 3 is 2.65 bits per heavy atom. The smallest absolute Gasteiger partial charge is 0.289 e. The Balaban J connectivity index is 1.43. The molecular formula is C18H17N5O3. The van der Waals surface area contributed by atoms with E-state index in [4.69, 9.17) is 0 Å². The van der Waals surface area contributed by atoms with Crippen LogP contribution in [0, 0.1) is 5.92 Å². The van der Waals surface area contributed by atoms with E-state index in [2.05, 4.69) is 25.6 Å². The maximum absolute atomic E-state index is 12.1. The Hall–Kier alpha value is -3.42. The van der Waals surface area contributed by atoms with E-state index < -0.39 is 17.7 Å². The number of aliphatic imine (C=N–C) groups is 2. The number of amidine groups is 1. The van der Waals surface area contributed by atoms with Crippen LogP contribution in [0.15, 0.2) is 58.8 Å². The maximum atomic E-state index is 12.1. The highest BCUT2D eigenvalue weighted by Crippen LogP contribution is 2.16. The number of carbonyl (C=O) groups excluding carboxylic acids is 3. The van der Waals surface area contributed by atoms with Crippen molar-refractivity contribution in [3.63, 3.8) is 0 Å². The predicted octanol–water partition coefficient (Wildman–Crippen LogP) is 0.440. The number of rotatable bonds is 6. The van der Waals surface area contributed by atoms with Crippen molar-refractivity contribution in [2.45, 2.75) is 6.42 Å². The Kier molecular flexibility index (Phi) is 5.43. The van der Waals surface area contributed by atoms with E-state index in [1.54, 1.807) is 42.6 Å². The van der Waals surface area contributed by atoms with Gasteiger partial charge in [-0.1, -0.05) is 18.2 Å². The molecule has 1 aliphatic carbocycles. The number of hydrogen-bond donors (Lipinski definition) is 2. The molecule has 0 saturated carbocycles. The minimum Gasteiger partial charge on any atom is -0.352 e. The summed E-state index contributed by atoms with van der Waals surface area (Å²) in [5.41, 5.74) is 0.993. The van der Waals surface area contributed by atoms with Crippen molar-refractivity contribution in [3.8, 4) is 0 Å². The van der Waals surface area contributed by atoms with Gasteiger partial charge in [-0.25, -0.2) is 4.99 Å². The van der Waals surface area contributed by atoms with Gasteiger partial charge in [-0.05, 0) is 24.6 Å². The first-order valence-electron chi connectivity index (χ1n) is 8.17. The summed E-state index contributed by atoms with van der Waals surface area (Å²) in [4.78, 5) is 47.6. The van der Waals surface area contributed by atoms with Crippen LogP contribution in [0.25, 0.3) is 0 Å². The first kappa shape index (κ1) is 17.4. The molecule has 2 aliphatic rings. The third-order valence-electron chi connectivity index (χ3n) is 3.77. The summed E-state index contributed by atoms with van der Waals surface area (Å²) >= 11 is 0. The second-order valence-corrected chi connectivity index (χ2v) is 5.64. The van der Waals surface area contributed by atoms with Gasteiger partial charge < -0.3 is 10.6 Å². The average Bonchev–Trinajstić information content (AvgIpc) is 2.68. The van der Waals surface area contributed by atoms with Crippen molar-refractivity contribution >= 4 is 29.3 Å². The van der Waals surface area contributed by atoms with Crippen molar-refractivity contribution in [3.05, 3.63) is 54.4 Å². The van der Waals surface area contributed by atoms with Crippen LogP contribution in [0.4, 0.5) is 0 Å². The van der Waals surface area contributed by atoms with Gasteiger partial charge in [0.1, 0.15) is 5.92 Å². The highest BCUT2D eigenvalue weighted by Gasteiger charge is 2.28. The Morgan fingerprint density at radius 2 is 1.88 bits per heavy atom. The molecule has 3 amide bonds. The van der Waals surface area contributed by atoms with Crippen LogP contribution < -0.4 is 10.6 Å². The van der Waals surface area contributed by atoms with E-state index in [1.807, 2.05) is 0 Å². The molecule has 0 radical (unpaired) electrons. The van der Waals surface area contributed by atoms with E-state index in [9.17, 15) is 14.4 Å². The Morgan fingerprint density at radius 1 is 1.08 bits per heavy atom. The molecule has 26 heavy (non-hydrogen) atoms. The van der Waals surface area contributed by atoms with Crippen LogP contribution in [0.3, 0.4) is 0 Å². The standard InChI is InChI=1S/C18H17N5O3/c24-16(12-5-3-8-19-11-12)20-9-4-10-21-18(26)15-22-14-7-2-1-6-13(14)17(25)23-15/h1-3,5-8,11,13H,4,9-10H2,(H,20,24)(H,21,26). The van der Waals surface area contributed by atoms with E-state index >= 15 is 0 Å². The SMILES string of the molecule is O=C(NCCCNC(=O)c1cccnc1)C1=NC(=O)C2C=CC=CC2=N1. The summed E-state index contributed by atoms with van der Waals surface area (Å²) in [6.07, 6.45) is 10.5. The quantitative estimate of drug-likeness (QED) is 0.724. The lowest BCUT2D eigenvalue weighted by molar-refractivity contribution is -0.119. The van der Waals surface area contributed by atoms with Gasteiger partial charge in [-0.3, -0.25) is 19.4 Å². The summed E-state index contributed by atoms with van der Waals surface area (Å²) in [5.74, 6) is -1.77. The van der Waals surface area contributed by atoms with E-state index in [0.29, 0.717) is 30.8 Å². The zero-order valence-electron chi connectivity index (χ0n) is 13.9. The van der Waals surface area contributed by atoms with Crippen LogP contribution >= 0.6 is 0 Å². The van der Waals surface area contributed by atoms with Gasteiger partial charge in [0, 0.05) is 25.5 Å². The molecule has 8 heteroatoms. The molecule has 0 fully saturated rings. The van der Waals surface area contributed by atoms with Crippen molar-refractivity contribution in [2.24, 2.45) is 15.9 Å². The van der Waals surface area contributed by atoms with E-state index in [0.717, 1.165) is 0 Å². The van der Waals surface area contributed by atoms with Crippen molar-refractivity contribution < 1.29 is 14.4 Å². The van der Waals surface area contributed by atoms with Crippen molar-refractivity contribution in [1.82, 2.24) is 15.6 Å². The molecule has 0 aromatic carbocycles. The van der Waals surface area contributed by atoms with Crippen molar-refractivity contribution in [2.75, 3.05) is 13.1 Å². The fraction of sp³-hybridized carbons (Fsp3) is 0.222. The number of pyridine rings is 1. The molecule has 2 N–H and O–H groups in total. The highest BCUT2D eigenvalue weighted by molar-refractivity contribution is 6.44. The number of hydrogen-bond acceptors (Lipinski definition) is 5. The van der Waals surface area contributed by atoms with Crippen LogP contribution in [0.5, 0.6) is 0 Å². The molecule has 0 saturated heterocycles. The molecule has 1 atom stereocenters. The first-order valence-corrected chi connectivity index (χ1v) is 8.17. The summed E-state index contributed by atoms with van der Waals surface area (Å²) in [6, 6.07) is 3.36. The predicted molar refractivity (Wildman–Crippen MR) is 95.8 cm³/mol. The number of amides is 3. The van der Waals surface area contributed by atoms with Crippen LogP contribution in [0.2, 0.25) is 0 Å². The molecule has 132 valence electrons. The largest absolute Gasteiger partial charge is 0.352 e. The van der Waals surface area contributed by atoms with E-state index in [1.165, 1.54) is 6.20 Å². The monoisotopic (exact) mass is 351 g/mol. The molecule has 1 aromatic heterocycles. The summed E-state index contributed by atoms with van der Waals surface area (Å²) in [5, 5.41) is 5.38. The lowest BCUT2D eigenvalue weighted by Gasteiger charge is -2.17. The third kappa shape index (κ3) is 4.15. The van der Waals surface area contributed by atoms with Gasteiger partial charge in [-0.2, -0.15) is 4.99 Å². The minimum atomic E-state index is -0.508. The van der Waals surface area contributed by atoms with Gasteiger partial charge in [0.2, 0.25) is 5.84 Å². The minimum absolute atomic E-state index is 0.138. The molecule has 8 nitrogen and oxygen atoms in total. The Bertz CT molecular complexity index is 840. The molecule has 0 bridgehead atoms. The second kappa shape index (κ2) is 8.11. The van der Waals surface area contributed by atoms with Gasteiger partial charge in [0.05, 0.1) is 11.3 Å². The van der Waals surface area contributed by atoms with Gasteiger partial charge in [0.15, 0.2) is 0 Å². The number of nitrogens with one attached hydrogen (secondary N) is 2. The summed E-state index contributed by atoms with van der Waals surface area (Å²) < 4.78 is 0. The lowest BCUT2D eigenvalue weighted by atomic mass is 9.96. The average molecular weight is 351 g/mol. The fourth-order valence-corrected chi connectivity index (χ4v) is 2.44. The molecule has 0 spiro atoms. The molecule has 2 heterocycles. The van der Waals surface area contributed by atoms with Gasteiger partial charge in [-0.15, -0.1) is 0 Å². The summed E-state index contributed by atoms with van der Waals surface area (Å²) in [6.45, 7) is 0.715. The van der Waals surface area contributed by atoms with Crippen LogP contribution in [-0.2, 0) is 9.59 Å².